The Balaban J connectivity index is 1.66. The minimum atomic E-state index is -0.318. The molecule has 27 heavy (non-hydrogen) atoms. The smallest absolute Gasteiger partial charge is 0.223 e. The third-order valence-corrected chi connectivity index (χ3v) is 4.02. The standard InChI is InChI=1S/C20H15F2N5/c21-15-5-1-13(2-6-15)11-25-20-26-12-17(19-23-9-10-24-19)18(27-20)14-3-7-16(22)8-4-14/h1-10,12H,11H2,(H,23,24)(H,25,26,27). The Labute approximate surface area is 154 Å². The molecule has 0 unspecified atom stereocenters. The predicted molar refractivity (Wildman–Crippen MR) is 98.7 cm³/mol. The van der Waals surface area contributed by atoms with Crippen LogP contribution in [-0.4, -0.2) is 19.9 Å². The Bertz CT molecular complexity index is 1030. The van der Waals surface area contributed by atoms with E-state index in [-0.39, 0.29) is 11.6 Å². The van der Waals surface area contributed by atoms with Crippen LogP contribution >= 0.6 is 0 Å². The number of H-pyrrole nitrogens is 1. The summed E-state index contributed by atoms with van der Waals surface area (Å²) in [4.78, 5) is 16.2. The van der Waals surface area contributed by atoms with Gasteiger partial charge < -0.3 is 10.3 Å². The molecule has 2 heterocycles. The van der Waals surface area contributed by atoms with E-state index in [2.05, 4.69) is 25.3 Å². The minimum Gasteiger partial charge on any atom is -0.350 e. The molecule has 0 fully saturated rings. The maximum absolute atomic E-state index is 13.3. The lowest BCUT2D eigenvalue weighted by molar-refractivity contribution is 0.627. The molecule has 2 N–H and O–H groups in total. The quantitative estimate of drug-likeness (QED) is 0.551. The highest BCUT2D eigenvalue weighted by Crippen LogP contribution is 2.29. The van der Waals surface area contributed by atoms with E-state index in [1.54, 1.807) is 42.9 Å². The first kappa shape index (κ1) is 16.8. The molecule has 5 nitrogen and oxygen atoms in total. The Morgan fingerprint density at radius 1 is 0.889 bits per heavy atom. The van der Waals surface area contributed by atoms with Gasteiger partial charge in [0.05, 0.1) is 11.3 Å². The highest BCUT2D eigenvalue weighted by molar-refractivity contribution is 5.77. The van der Waals surface area contributed by atoms with Gasteiger partial charge >= 0.3 is 0 Å². The topological polar surface area (TPSA) is 66.5 Å². The monoisotopic (exact) mass is 363 g/mol. The number of anilines is 1. The minimum absolute atomic E-state index is 0.281. The molecular weight excluding hydrogens is 348 g/mol. The zero-order valence-corrected chi connectivity index (χ0v) is 14.2. The lowest BCUT2D eigenvalue weighted by Crippen LogP contribution is -2.05. The second-order valence-electron chi connectivity index (χ2n) is 5.88. The number of aromatic amines is 1. The number of hydrogen-bond acceptors (Lipinski definition) is 4. The molecule has 0 aliphatic carbocycles. The molecule has 0 radical (unpaired) electrons. The lowest BCUT2D eigenvalue weighted by atomic mass is 10.1. The van der Waals surface area contributed by atoms with E-state index in [0.717, 1.165) is 11.1 Å². The van der Waals surface area contributed by atoms with E-state index in [4.69, 9.17) is 0 Å². The molecule has 0 aliphatic heterocycles. The van der Waals surface area contributed by atoms with Crippen molar-refractivity contribution >= 4 is 5.95 Å². The van der Waals surface area contributed by atoms with Crippen molar-refractivity contribution in [3.05, 3.63) is 84.3 Å². The van der Waals surface area contributed by atoms with E-state index >= 15 is 0 Å². The molecule has 0 saturated heterocycles. The van der Waals surface area contributed by atoms with Gasteiger partial charge in [0.1, 0.15) is 17.5 Å². The van der Waals surface area contributed by atoms with Crippen LogP contribution in [-0.2, 0) is 6.54 Å². The summed E-state index contributed by atoms with van der Waals surface area (Å²) in [5, 5.41) is 3.13. The molecule has 7 heteroatoms. The summed E-state index contributed by atoms with van der Waals surface area (Å²) in [7, 11) is 0. The van der Waals surface area contributed by atoms with Crippen LogP contribution < -0.4 is 5.32 Å². The van der Waals surface area contributed by atoms with Crippen molar-refractivity contribution in [2.24, 2.45) is 0 Å². The average Bonchev–Trinajstić information content (AvgIpc) is 3.23. The number of aromatic nitrogens is 4. The summed E-state index contributed by atoms with van der Waals surface area (Å²) in [6.45, 7) is 0.448. The highest BCUT2D eigenvalue weighted by Gasteiger charge is 2.13. The lowest BCUT2D eigenvalue weighted by Gasteiger charge is -2.10. The Kier molecular flexibility index (Phi) is 4.57. The largest absolute Gasteiger partial charge is 0.350 e. The van der Waals surface area contributed by atoms with Crippen LogP contribution in [0.5, 0.6) is 0 Å². The van der Waals surface area contributed by atoms with Gasteiger partial charge in [0.25, 0.3) is 0 Å². The van der Waals surface area contributed by atoms with Gasteiger partial charge in [-0.1, -0.05) is 12.1 Å². The Hall–Kier alpha value is -3.61. The number of halogens is 2. The Morgan fingerprint density at radius 3 is 2.26 bits per heavy atom. The van der Waals surface area contributed by atoms with Crippen LogP contribution in [0.1, 0.15) is 5.56 Å². The van der Waals surface area contributed by atoms with E-state index in [9.17, 15) is 8.78 Å². The van der Waals surface area contributed by atoms with Crippen LogP contribution in [0.3, 0.4) is 0 Å². The molecule has 2 aromatic carbocycles. The van der Waals surface area contributed by atoms with E-state index in [1.807, 2.05) is 0 Å². The summed E-state index contributed by atoms with van der Waals surface area (Å²) in [5.41, 5.74) is 2.98. The van der Waals surface area contributed by atoms with Crippen LogP contribution in [0.15, 0.2) is 67.1 Å². The van der Waals surface area contributed by atoms with Crippen molar-refractivity contribution in [2.75, 3.05) is 5.32 Å². The first-order valence-electron chi connectivity index (χ1n) is 8.30. The molecule has 4 aromatic rings. The predicted octanol–water partition coefficient (Wildman–Crippen LogP) is 4.42. The van der Waals surface area contributed by atoms with Gasteiger partial charge in [-0.25, -0.2) is 23.7 Å². The van der Waals surface area contributed by atoms with Crippen molar-refractivity contribution in [3.63, 3.8) is 0 Å². The molecule has 2 aromatic heterocycles. The summed E-state index contributed by atoms with van der Waals surface area (Å²) < 4.78 is 26.3. The number of rotatable bonds is 5. The molecule has 0 atom stereocenters. The third kappa shape index (κ3) is 3.82. The summed E-state index contributed by atoms with van der Waals surface area (Å²) in [6, 6.07) is 12.3. The fourth-order valence-electron chi connectivity index (χ4n) is 2.66. The molecular formula is C20H15F2N5. The van der Waals surface area contributed by atoms with E-state index < -0.39 is 0 Å². The SMILES string of the molecule is Fc1ccc(CNc2ncc(-c3ncc[nH]3)c(-c3ccc(F)cc3)n2)cc1. The second kappa shape index (κ2) is 7.33. The summed E-state index contributed by atoms with van der Waals surface area (Å²) in [5.74, 6) is 0.437. The number of nitrogens with zero attached hydrogens (tertiary/aromatic N) is 3. The maximum Gasteiger partial charge on any atom is 0.223 e. The van der Waals surface area contributed by atoms with E-state index in [1.165, 1.54) is 24.3 Å². The van der Waals surface area contributed by atoms with Gasteiger partial charge in [0, 0.05) is 30.7 Å². The van der Waals surface area contributed by atoms with Gasteiger partial charge in [0.15, 0.2) is 0 Å². The van der Waals surface area contributed by atoms with Gasteiger partial charge in [0.2, 0.25) is 5.95 Å². The second-order valence-corrected chi connectivity index (χ2v) is 5.88. The number of imidazole rings is 1. The summed E-state index contributed by atoms with van der Waals surface area (Å²) >= 11 is 0. The van der Waals surface area contributed by atoms with Crippen LogP contribution in [0.2, 0.25) is 0 Å². The van der Waals surface area contributed by atoms with Crippen molar-refractivity contribution in [1.82, 2.24) is 19.9 Å². The number of hydrogen-bond donors (Lipinski definition) is 2. The summed E-state index contributed by atoms with van der Waals surface area (Å²) in [6.07, 6.45) is 5.02. The molecule has 0 bridgehead atoms. The normalized spacial score (nSPS) is 10.7. The van der Waals surface area contributed by atoms with Crippen LogP contribution in [0, 0.1) is 11.6 Å². The highest BCUT2D eigenvalue weighted by atomic mass is 19.1. The first-order chi connectivity index (χ1) is 13.2. The fraction of sp³-hybridized carbons (Fsp3) is 0.0500. The average molecular weight is 363 g/mol. The van der Waals surface area contributed by atoms with Crippen molar-refractivity contribution in [3.8, 4) is 22.6 Å². The van der Waals surface area contributed by atoms with Crippen molar-refractivity contribution in [2.45, 2.75) is 6.54 Å². The maximum atomic E-state index is 13.3. The first-order valence-corrected chi connectivity index (χ1v) is 8.30. The van der Waals surface area contributed by atoms with Gasteiger partial charge in [-0.2, -0.15) is 0 Å². The number of benzene rings is 2. The third-order valence-electron chi connectivity index (χ3n) is 4.02. The fourth-order valence-corrected chi connectivity index (χ4v) is 2.66. The molecule has 0 amide bonds. The van der Waals surface area contributed by atoms with E-state index in [0.29, 0.717) is 29.6 Å². The van der Waals surface area contributed by atoms with Gasteiger partial charge in [-0.15, -0.1) is 0 Å². The molecule has 0 spiro atoms. The van der Waals surface area contributed by atoms with Gasteiger partial charge in [-0.05, 0) is 42.0 Å². The van der Waals surface area contributed by atoms with Gasteiger partial charge in [-0.3, -0.25) is 0 Å². The molecule has 0 aliphatic rings. The van der Waals surface area contributed by atoms with Crippen LogP contribution in [0.4, 0.5) is 14.7 Å². The van der Waals surface area contributed by atoms with Crippen molar-refractivity contribution in [1.29, 1.82) is 0 Å². The van der Waals surface area contributed by atoms with Crippen LogP contribution in [0.25, 0.3) is 22.6 Å². The molecule has 4 rings (SSSR count). The molecule has 0 saturated carbocycles. The Morgan fingerprint density at radius 2 is 1.59 bits per heavy atom. The molecule has 134 valence electrons. The number of nitrogens with one attached hydrogen (secondary N) is 2. The zero-order chi connectivity index (χ0) is 18.6. The van der Waals surface area contributed by atoms with Crippen molar-refractivity contribution < 1.29 is 8.78 Å². The zero-order valence-electron chi connectivity index (χ0n) is 14.2.